The Morgan fingerprint density at radius 2 is 1.79 bits per heavy atom. The lowest BCUT2D eigenvalue weighted by molar-refractivity contribution is 0.551. The second kappa shape index (κ2) is 9.27. The topological polar surface area (TPSA) is 54.2 Å². The van der Waals surface area contributed by atoms with E-state index in [0.29, 0.717) is 24.5 Å². The van der Waals surface area contributed by atoms with Gasteiger partial charge in [-0.2, -0.15) is 5.10 Å². The molecule has 1 aromatic heterocycles. The predicted octanol–water partition coefficient (Wildman–Crippen LogP) is 3.76. The van der Waals surface area contributed by atoms with Gasteiger partial charge in [-0.05, 0) is 43.3 Å². The molecular weight excluding hydrogens is 379 g/mol. The van der Waals surface area contributed by atoms with Crippen LogP contribution in [0.15, 0.2) is 59.7 Å². The summed E-state index contributed by atoms with van der Waals surface area (Å²) in [6.45, 7) is 2.33. The molecule has 29 heavy (non-hydrogen) atoms. The molecule has 3 aromatic rings. The largest absolute Gasteiger partial charge is 0.356 e. The van der Waals surface area contributed by atoms with Crippen molar-refractivity contribution in [1.82, 2.24) is 20.4 Å². The zero-order chi connectivity index (χ0) is 20.8. The van der Waals surface area contributed by atoms with Gasteiger partial charge in [0.1, 0.15) is 17.5 Å². The first-order valence-electron chi connectivity index (χ1n) is 9.19. The third-order valence-electron chi connectivity index (χ3n) is 4.41. The minimum Gasteiger partial charge on any atom is -0.356 e. The molecule has 0 spiro atoms. The number of nitrogens with zero attached hydrogens (tertiary/aromatic N) is 3. The van der Waals surface area contributed by atoms with Gasteiger partial charge in [-0.1, -0.05) is 6.07 Å². The predicted molar refractivity (Wildman–Crippen MR) is 106 cm³/mol. The van der Waals surface area contributed by atoms with Crippen LogP contribution in [0.25, 0.3) is 5.69 Å². The van der Waals surface area contributed by atoms with Crippen molar-refractivity contribution in [2.45, 2.75) is 19.4 Å². The highest BCUT2D eigenvalue weighted by molar-refractivity contribution is 5.80. The molecule has 0 amide bonds. The zero-order valence-corrected chi connectivity index (χ0v) is 16.2. The fourth-order valence-corrected chi connectivity index (χ4v) is 2.87. The molecule has 0 aliphatic heterocycles. The van der Waals surface area contributed by atoms with E-state index in [9.17, 15) is 13.2 Å². The van der Waals surface area contributed by atoms with Crippen molar-refractivity contribution in [3.8, 4) is 5.69 Å². The molecule has 0 aliphatic rings. The SMILES string of the molecule is CN=C(NCCc1ccn(-c2ccc(F)cc2)n1)NC(C)c1ccc(F)cc1F. The van der Waals surface area contributed by atoms with Crippen LogP contribution in [0.5, 0.6) is 0 Å². The molecule has 2 N–H and O–H groups in total. The molecule has 0 saturated heterocycles. The Balaban J connectivity index is 1.53. The monoisotopic (exact) mass is 401 g/mol. The number of hydrogen-bond donors (Lipinski definition) is 2. The maximum atomic E-state index is 13.9. The Labute approximate surface area is 167 Å². The van der Waals surface area contributed by atoms with E-state index in [0.717, 1.165) is 17.4 Å². The maximum absolute atomic E-state index is 13.9. The first-order chi connectivity index (χ1) is 14.0. The van der Waals surface area contributed by atoms with Crippen LogP contribution in [0, 0.1) is 17.5 Å². The highest BCUT2D eigenvalue weighted by atomic mass is 19.1. The molecule has 0 bridgehead atoms. The van der Waals surface area contributed by atoms with Crippen molar-refractivity contribution in [1.29, 1.82) is 0 Å². The lowest BCUT2D eigenvalue weighted by atomic mass is 10.1. The normalized spacial score (nSPS) is 12.7. The number of hydrogen-bond acceptors (Lipinski definition) is 2. The third-order valence-corrected chi connectivity index (χ3v) is 4.41. The van der Waals surface area contributed by atoms with Gasteiger partial charge in [0.25, 0.3) is 0 Å². The minimum atomic E-state index is -0.610. The quantitative estimate of drug-likeness (QED) is 0.489. The molecule has 2 aromatic carbocycles. The first-order valence-corrected chi connectivity index (χ1v) is 9.19. The van der Waals surface area contributed by atoms with E-state index in [4.69, 9.17) is 0 Å². The van der Waals surface area contributed by atoms with Gasteiger partial charge in [0.2, 0.25) is 0 Å². The van der Waals surface area contributed by atoms with Gasteiger partial charge < -0.3 is 10.6 Å². The number of nitrogens with one attached hydrogen (secondary N) is 2. The molecule has 1 heterocycles. The van der Waals surface area contributed by atoms with Crippen molar-refractivity contribution in [2.75, 3.05) is 13.6 Å². The van der Waals surface area contributed by atoms with E-state index in [1.54, 1.807) is 30.8 Å². The average Bonchev–Trinajstić information content (AvgIpc) is 3.16. The number of halogens is 3. The fraction of sp³-hybridized carbons (Fsp3) is 0.238. The summed E-state index contributed by atoms with van der Waals surface area (Å²) in [5.41, 5.74) is 1.99. The summed E-state index contributed by atoms with van der Waals surface area (Å²) in [5.74, 6) is -1.01. The summed E-state index contributed by atoms with van der Waals surface area (Å²) in [5, 5.41) is 10.7. The number of aromatic nitrogens is 2. The van der Waals surface area contributed by atoms with Gasteiger partial charge in [0.05, 0.1) is 17.4 Å². The van der Waals surface area contributed by atoms with Gasteiger partial charge >= 0.3 is 0 Å². The van der Waals surface area contributed by atoms with Crippen LogP contribution in [-0.4, -0.2) is 29.3 Å². The molecular formula is C21H22F3N5. The van der Waals surface area contributed by atoms with E-state index in [1.807, 2.05) is 12.3 Å². The fourth-order valence-electron chi connectivity index (χ4n) is 2.87. The number of guanidine groups is 1. The first kappa shape index (κ1) is 20.4. The van der Waals surface area contributed by atoms with Crippen LogP contribution in [0.3, 0.4) is 0 Å². The standard InChI is InChI=1S/C21H22F3N5/c1-14(19-8-5-16(23)13-20(19)24)27-21(25-2)26-11-9-17-10-12-29(28-17)18-6-3-15(22)4-7-18/h3-8,10,12-14H,9,11H2,1-2H3,(H2,25,26,27). The summed E-state index contributed by atoms with van der Waals surface area (Å²) in [6.07, 6.45) is 2.45. The molecule has 0 radical (unpaired) electrons. The van der Waals surface area contributed by atoms with E-state index in [1.165, 1.54) is 24.3 Å². The van der Waals surface area contributed by atoms with Crippen molar-refractivity contribution < 1.29 is 13.2 Å². The third kappa shape index (κ3) is 5.37. The highest BCUT2D eigenvalue weighted by Gasteiger charge is 2.13. The van der Waals surface area contributed by atoms with Gasteiger partial charge in [-0.15, -0.1) is 0 Å². The summed E-state index contributed by atoms with van der Waals surface area (Å²) >= 11 is 0. The van der Waals surface area contributed by atoms with Gasteiger partial charge in [0, 0.05) is 37.8 Å². The van der Waals surface area contributed by atoms with Gasteiger partial charge in [0.15, 0.2) is 5.96 Å². The lowest BCUT2D eigenvalue weighted by Gasteiger charge is -2.18. The summed E-state index contributed by atoms with van der Waals surface area (Å²) in [7, 11) is 1.62. The molecule has 0 fully saturated rings. The molecule has 8 heteroatoms. The van der Waals surface area contributed by atoms with E-state index < -0.39 is 11.6 Å². The van der Waals surface area contributed by atoms with Crippen molar-refractivity contribution in [3.05, 3.63) is 83.4 Å². The second-order valence-electron chi connectivity index (χ2n) is 6.51. The van der Waals surface area contributed by atoms with Gasteiger partial charge in [-0.25, -0.2) is 17.9 Å². The summed E-state index contributed by atoms with van der Waals surface area (Å²) in [6, 6.07) is 11.1. The minimum absolute atomic E-state index is 0.293. The Hall–Kier alpha value is -3.29. The van der Waals surface area contributed by atoms with Crippen molar-refractivity contribution >= 4 is 5.96 Å². The van der Waals surface area contributed by atoms with Crippen LogP contribution >= 0.6 is 0 Å². The molecule has 152 valence electrons. The van der Waals surface area contributed by atoms with Crippen LogP contribution in [0.2, 0.25) is 0 Å². The molecule has 5 nitrogen and oxygen atoms in total. The Morgan fingerprint density at radius 1 is 1.07 bits per heavy atom. The summed E-state index contributed by atoms with van der Waals surface area (Å²) in [4.78, 5) is 4.13. The van der Waals surface area contributed by atoms with Crippen molar-refractivity contribution in [2.24, 2.45) is 4.99 Å². The van der Waals surface area contributed by atoms with Crippen LogP contribution in [0.4, 0.5) is 13.2 Å². The maximum Gasteiger partial charge on any atom is 0.191 e. The number of aliphatic imine (C=N–C) groups is 1. The van der Waals surface area contributed by atoms with E-state index in [-0.39, 0.29) is 11.9 Å². The van der Waals surface area contributed by atoms with Crippen LogP contribution < -0.4 is 10.6 Å². The highest BCUT2D eigenvalue weighted by Crippen LogP contribution is 2.17. The Morgan fingerprint density at radius 3 is 2.48 bits per heavy atom. The van der Waals surface area contributed by atoms with Crippen molar-refractivity contribution in [3.63, 3.8) is 0 Å². The average molecular weight is 401 g/mol. The van der Waals surface area contributed by atoms with E-state index >= 15 is 0 Å². The molecule has 1 unspecified atom stereocenters. The number of rotatable bonds is 6. The Bertz CT molecular complexity index is 982. The van der Waals surface area contributed by atoms with Gasteiger partial charge in [-0.3, -0.25) is 4.99 Å². The zero-order valence-electron chi connectivity index (χ0n) is 16.2. The molecule has 3 rings (SSSR count). The molecule has 0 saturated carbocycles. The number of benzene rings is 2. The second-order valence-corrected chi connectivity index (χ2v) is 6.51. The lowest BCUT2D eigenvalue weighted by Crippen LogP contribution is -2.39. The molecule has 0 aliphatic carbocycles. The summed E-state index contributed by atoms with van der Waals surface area (Å²) < 4.78 is 41.7. The van der Waals surface area contributed by atoms with Crippen LogP contribution in [0.1, 0.15) is 24.2 Å². The molecule has 1 atom stereocenters. The van der Waals surface area contributed by atoms with Crippen LogP contribution in [-0.2, 0) is 6.42 Å². The Kier molecular flexibility index (Phi) is 6.54. The van der Waals surface area contributed by atoms with E-state index in [2.05, 4.69) is 20.7 Å². The smallest absolute Gasteiger partial charge is 0.191 e.